The first-order chi connectivity index (χ1) is 37.8. The Labute approximate surface area is 434 Å². The summed E-state index contributed by atoms with van der Waals surface area (Å²) in [5.74, 6) is 1.96. The van der Waals surface area contributed by atoms with Crippen LogP contribution in [0.4, 0.5) is 0 Å². The molecular formula is C65H65N5O. The van der Waals surface area contributed by atoms with Crippen molar-refractivity contribution in [2.24, 2.45) is 0 Å². The number of ether oxygens (including phenoxy) is 1. The summed E-state index contributed by atoms with van der Waals surface area (Å²) in [7, 11) is 0. The van der Waals surface area contributed by atoms with E-state index in [4.69, 9.17) is 23.0 Å². The Hall–Kier alpha value is -7.57. The van der Waals surface area contributed by atoms with Crippen LogP contribution in [0.3, 0.4) is 0 Å². The third kappa shape index (κ3) is 9.32. The molecule has 3 aromatic heterocycles. The zero-order chi connectivity index (χ0) is 58.7. The Morgan fingerprint density at radius 1 is 0.521 bits per heavy atom. The number of nitrogens with zero attached hydrogens (tertiary/aromatic N) is 5. The molecule has 0 aliphatic rings. The van der Waals surface area contributed by atoms with E-state index in [1.165, 1.54) is 10.2 Å². The average molecular weight is 942 g/mol. The van der Waals surface area contributed by atoms with Crippen LogP contribution in [-0.4, -0.2) is 19.3 Å². The maximum Gasteiger partial charge on any atom is 0.233 e. The molecule has 0 N–H and O–H groups in total. The molecular weight excluding hydrogens is 867 g/mol. The number of fused-ring (bicyclic) bond motifs is 3. The maximum absolute atomic E-state index is 9.25. The second-order valence-corrected chi connectivity index (χ2v) is 22.4. The van der Waals surface area contributed by atoms with E-state index in [9.17, 15) is 5.48 Å². The highest BCUT2D eigenvalue weighted by Gasteiger charge is 2.27. The van der Waals surface area contributed by atoms with Gasteiger partial charge in [0.15, 0.2) is 0 Å². The SMILES string of the molecule is [2H]c1c([2H])c([2H])c(-c2cccc(-c3c([2H])c([2H])c([2H])c([2H])c3[2H])c2-c2nn(-c3cccc(Oc4ccc5c6cc(C(C)(C)C)ccc6n(-c6cc(C(C)(C)C)ccn6)c5c4)c3)[c-][n+]2-c2cc(C(C)(C)C)cc(C(C)(C)C)c2)c([2H])c1[2H]. The minimum absolute atomic E-state index is 0.0840. The van der Waals surface area contributed by atoms with Crippen LogP contribution in [0.1, 0.15) is 119 Å². The first kappa shape index (κ1) is 36.4. The number of aromatic nitrogens is 5. The Kier molecular flexibility index (Phi) is 9.06. The van der Waals surface area contributed by atoms with E-state index in [0.29, 0.717) is 22.9 Å². The van der Waals surface area contributed by atoms with Crippen LogP contribution in [0.5, 0.6) is 11.5 Å². The van der Waals surface area contributed by atoms with E-state index >= 15 is 0 Å². The standard InChI is InChI=1S/C65H65N5O/c1-62(2,3)45-29-32-57-56(38-45)55-31-30-52(41-58(55)70(57)59-39-46(33-34-66-59)63(4,5)6)71-51-26-19-25-49(40-51)69-42-68(50-36-47(64(7,8)9)35-48(37-50)65(10,11)12)61(67-69)60-53(43-21-15-13-16-22-43)27-20-28-54(60)44-23-17-14-18-24-44/h13-41H,1-12H3/i13D,14D,15D,16D,17D,18D,21D,22D,23D,24D. The predicted molar refractivity (Wildman–Crippen MR) is 294 cm³/mol. The Morgan fingerprint density at radius 2 is 1.10 bits per heavy atom. The smallest absolute Gasteiger partial charge is 0.233 e. The van der Waals surface area contributed by atoms with Crippen molar-refractivity contribution in [1.82, 2.24) is 19.3 Å². The lowest BCUT2D eigenvalue weighted by Gasteiger charge is -2.27. The van der Waals surface area contributed by atoms with Crippen LogP contribution in [0.2, 0.25) is 0 Å². The summed E-state index contributed by atoms with van der Waals surface area (Å²) in [6.45, 7) is 25.9. The molecule has 6 heteroatoms. The second-order valence-electron chi connectivity index (χ2n) is 22.4. The summed E-state index contributed by atoms with van der Waals surface area (Å²) in [6, 6.07) is 29.9. The fourth-order valence-electron chi connectivity index (χ4n) is 8.95. The van der Waals surface area contributed by atoms with E-state index < -0.39 is 60.4 Å². The Morgan fingerprint density at radius 3 is 1.70 bits per heavy atom. The van der Waals surface area contributed by atoms with E-state index in [1.54, 1.807) is 22.8 Å². The molecule has 7 aromatic carbocycles. The number of rotatable bonds is 8. The van der Waals surface area contributed by atoms with Crippen LogP contribution in [0.15, 0.2) is 176 Å². The van der Waals surface area contributed by atoms with E-state index in [2.05, 4.69) is 136 Å². The van der Waals surface area contributed by atoms with Gasteiger partial charge in [0.2, 0.25) is 12.2 Å². The molecule has 0 saturated heterocycles. The van der Waals surface area contributed by atoms with Crippen LogP contribution in [0.25, 0.3) is 72.6 Å². The molecule has 356 valence electrons. The third-order valence-corrected chi connectivity index (χ3v) is 13.1. The summed E-state index contributed by atoms with van der Waals surface area (Å²) in [6.07, 6.45) is 5.36. The molecule has 71 heavy (non-hydrogen) atoms. The third-order valence-electron chi connectivity index (χ3n) is 13.1. The predicted octanol–water partition coefficient (Wildman–Crippen LogP) is 16.4. The van der Waals surface area contributed by atoms with Crippen LogP contribution < -0.4 is 9.30 Å². The minimum Gasteiger partial charge on any atom is -0.458 e. The molecule has 0 amide bonds. The highest BCUT2D eigenvalue weighted by molar-refractivity contribution is 6.10. The summed E-state index contributed by atoms with van der Waals surface area (Å²) >= 11 is 0. The van der Waals surface area contributed by atoms with Gasteiger partial charge in [-0.2, -0.15) is 4.68 Å². The minimum atomic E-state index is -0.583. The molecule has 0 spiro atoms. The number of hydrogen-bond acceptors (Lipinski definition) is 3. The Balaban J connectivity index is 1.22. The van der Waals surface area contributed by atoms with Gasteiger partial charge in [-0.1, -0.05) is 198 Å². The number of hydrogen-bond donors (Lipinski definition) is 0. The van der Waals surface area contributed by atoms with Crippen molar-refractivity contribution in [1.29, 1.82) is 0 Å². The largest absolute Gasteiger partial charge is 0.458 e. The average Bonchev–Trinajstić information content (AvgIpc) is 4.18. The van der Waals surface area contributed by atoms with Crippen molar-refractivity contribution in [2.75, 3.05) is 0 Å². The van der Waals surface area contributed by atoms with Gasteiger partial charge in [0.05, 0.1) is 30.4 Å². The van der Waals surface area contributed by atoms with Crippen molar-refractivity contribution >= 4 is 21.8 Å². The van der Waals surface area contributed by atoms with E-state index in [-0.39, 0.29) is 55.3 Å². The fourth-order valence-corrected chi connectivity index (χ4v) is 8.95. The maximum atomic E-state index is 9.25. The number of pyridine rings is 1. The quantitative estimate of drug-likeness (QED) is 0.113. The molecule has 0 aliphatic heterocycles. The lowest BCUT2D eigenvalue weighted by molar-refractivity contribution is -0.589. The van der Waals surface area contributed by atoms with Gasteiger partial charge >= 0.3 is 0 Å². The van der Waals surface area contributed by atoms with Gasteiger partial charge in [0, 0.05) is 34.3 Å². The van der Waals surface area contributed by atoms with Crippen molar-refractivity contribution in [3.05, 3.63) is 204 Å². The van der Waals surface area contributed by atoms with Gasteiger partial charge in [0.1, 0.15) is 17.3 Å². The molecule has 0 saturated carbocycles. The zero-order valence-electron chi connectivity index (χ0n) is 52.6. The molecule has 0 atom stereocenters. The molecule has 0 aliphatic carbocycles. The molecule has 10 aromatic rings. The normalized spacial score (nSPS) is 14.5. The fraction of sp³-hybridized carbons (Fsp3) is 0.246. The lowest BCUT2D eigenvalue weighted by Crippen LogP contribution is -2.33. The molecule has 3 heterocycles. The molecule has 0 radical (unpaired) electrons. The van der Waals surface area contributed by atoms with Crippen LogP contribution in [-0.2, 0) is 21.7 Å². The van der Waals surface area contributed by atoms with E-state index in [0.717, 1.165) is 44.3 Å². The van der Waals surface area contributed by atoms with Gasteiger partial charge < -0.3 is 9.30 Å². The molecule has 0 unspecified atom stereocenters. The van der Waals surface area contributed by atoms with Crippen molar-refractivity contribution < 1.29 is 23.0 Å². The summed E-state index contributed by atoms with van der Waals surface area (Å²) in [5.41, 5.74) is 6.55. The zero-order valence-corrected chi connectivity index (χ0v) is 42.6. The topological polar surface area (TPSA) is 48.8 Å². The molecule has 0 fully saturated rings. The van der Waals surface area contributed by atoms with Crippen molar-refractivity contribution in [3.8, 4) is 62.3 Å². The molecule has 10 rings (SSSR count). The van der Waals surface area contributed by atoms with Gasteiger partial charge in [-0.05, 0) is 120 Å². The Bertz CT molecular complexity index is 4030. The summed E-state index contributed by atoms with van der Waals surface area (Å²) in [5, 5.41) is 7.42. The van der Waals surface area contributed by atoms with E-state index in [1.807, 2.05) is 54.7 Å². The highest BCUT2D eigenvalue weighted by atomic mass is 16.5. The summed E-state index contributed by atoms with van der Waals surface area (Å²) in [4.78, 5) is 4.92. The van der Waals surface area contributed by atoms with Gasteiger partial charge in [-0.15, -0.1) is 0 Å². The van der Waals surface area contributed by atoms with Gasteiger partial charge in [0.25, 0.3) is 0 Å². The van der Waals surface area contributed by atoms with Crippen molar-refractivity contribution in [3.63, 3.8) is 0 Å². The van der Waals surface area contributed by atoms with Crippen molar-refractivity contribution in [2.45, 2.75) is 105 Å². The van der Waals surface area contributed by atoms with Gasteiger partial charge in [-0.3, -0.25) is 4.57 Å². The first-order valence-electron chi connectivity index (χ1n) is 29.1. The number of benzene rings is 7. The first-order valence-corrected chi connectivity index (χ1v) is 24.1. The van der Waals surface area contributed by atoms with Crippen LogP contribution >= 0.6 is 0 Å². The monoisotopic (exact) mass is 942 g/mol. The molecule has 0 bridgehead atoms. The van der Waals surface area contributed by atoms with Gasteiger partial charge in [-0.25, -0.2) is 4.98 Å². The second kappa shape index (κ2) is 17.7. The highest BCUT2D eigenvalue weighted by Crippen LogP contribution is 2.41. The summed E-state index contributed by atoms with van der Waals surface area (Å²) < 4.78 is 101. The molecule has 6 nitrogen and oxygen atoms in total. The lowest BCUT2D eigenvalue weighted by atomic mass is 9.80. The van der Waals surface area contributed by atoms with Crippen LogP contribution in [0, 0.1) is 6.33 Å².